The second-order valence-corrected chi connectivity index (χ2v) is 3.19. The van der Waals surface area contributed by atoms with Crippen LogP contribution in [0.3, 0.4) is 0 Å². The van der Waals surface area contributed by atoms with E-state index in [1.807, 2.05) is 0 Å². The van der Waals surface area contributed by atoms with Crippen LogP contribution >= 0.6 is 12.4 Å². The lowest BCUT2D eigenvalue weighted by Crippen LogP contribution is -2.39. The smallest absolute Gasteiger partial charge is 0.320 e. The molecule has 0 bridgehead atoms. The molecule has 2 N–H and O–H groups in total. The quantitative estimate of drug-likeness (QED) is 0.654. The molecule has 1 aromatic rings. The van der Waals surface area contributed by atoms with Crippen LogP contribution < -0.4 is 5.73 Å². The Morgan fingerprint density at radius 1 is 1.06 bits per heavy atom. The lowest BCUT2D eigenvalue weighted by atomic mass is 10.1. The molecule has 1 rings (SSSR count). The van der Waals surface area contributed by atoms with Gasteiger partial charge in [-0.25, -0.2) is 13.2 Å². The van der Waals surface area contributed by atoms with Crippen molar-refractivity contribution in [2.45, 2.75) is 18.6 Å². The molecule has 0 aliphatic carbocycles. The van der Waals surface area contributed by atoms with Gasteiger partial charge in [-0.05, 0) is 18.1 Å². The third-order valence-electron chi connectivity index (χ3n) is 1.98. The van der Waals surface area contributed by atoms with Gasteiger partial charge in [-0.2, -0.15) is 13.2 Å². The van der Waals surface area contributed by atoms with Gasteiger partial charge in [-0.3, -0.25) is 0 Å². The van der Waals surface area contributed by atoms with Crippen molar-refractivity contribution in [1.82, 2.24) is 0 Å². The van der Waals surface area contributed by atoms with Crippen LogP contribution in [0.5, 0.6) is 0 Å². The van der Waals surface area contributed by atoms with Crippen molar-refractivity contribution in [2.75, 3.05) is 0 Å². The Bertz CT molecular complexity index is 392. The van der Waals surface area contributed by atoms with E-state index in [9.17, 15) is 26.3 Å². The van der Waals surface area contributed by atoms with E-state index in [0.29, 0.717) is 6.07 Å². The fourth-order valence-electron chi connectivity index (χ4n) is 1.08. The summed E-state index contributed by atoms with van der Waals surface area (Å²) in [5.41, 5.74) is 4.12. The Morgan fingerprint density at radius 2 is 1.59 bits per heavy atom. The normalized spacial score (nSPS) is 13.1. The standard InChI is InChI=1S/C9H7F6N.ClH/c10-5-2-1-4(7(11)8(5)12)3-6(16)9(13,14)15;/h1-2,6H,3,16H2;1H. The number of hydrogen-bond acceptors (Lipinski definition) is 1. The van der Waals surface area contributed by atoms with E-state index in [-0.39, 0.29) is 12.4 Å². The molecule has 0 radical (unpaired) electrons. The maximum atomic E-state index is 13.0. The summed E-state index contributed by atoms with van der Waals surface area (Å²) >= 11 is 0. The zero-order chi connectivity index (χ0) is 12.5. The Balaban J connectivity index is 0.00000256. The van der Waals surface area contributed by atoms with E-state index in [4.69, 9.17) is 5.73 Å². The maximum Gasteiger partial charge on any atom is 0.403 e. The molecular formula is C9H8ClF6N. The molecule has 8 heteroatoms. The molecule has 1 atom stereocenters. The Kier molecular flexibility index (Phi) is 5.28. The molecule has 17 heavy (non-hydrogen) atoms. The zero-order valence-electron chi connectivity index (χ0n) is 8.19. The average Bonchev–Trinajstić information content (AvgIpc) is 2.17. The molecule has 0 aromatic heterocycles. The third-order valence-corrected chi connectivity index (χ3v) is 1.98. The number of halogens is 7. The molecule has 0 aliphatic heterocycles. The van der Waals surface area contributed by atoms with Gasteiger partial charge in [0.2, 0.25) is 0 Å². The minimum Gasteiger partial charge on any atom is -0.320 e. The number of rotatable bonds is 2. The first-order valence-corrected chi connectivity index (χ1v) is 4.18. The van der Waals surface area contributed by atoms with Crippen LogP contribution in [0, 0.1) is 17.5 Å². The SMILES string of the molecule is Cl.NC(Cc1ccc(F)c(F)c1F)C(F)(F)F. The maximum absolute atomic E-state index is 13.0. The van der Waals surface area contributed by atoms with E-state index in [1.54, 1.807) is 0 Å². The summed E-state index contributed by atoms with van der Waals surface area (Å²) in [4.78, 5) is 0. The van der Waals surface area contributed by atoms with Crippen molar-refractivity contribution in [1.29, 1.82) is 0 Å². The molecule has 0 spiro atoms. The van der Waals surface area contributed by atoms with Crippen molar-refractivity contribution in [3.05, 3.63) is 35.1 Å². The van der Waals surface area contributed by atoms with Gasteiger partial charge < -0.3 is 5.73 Å². The first-order valence-electron chi connectivity index (χ1n) is 4.18. The van der Waals surface area contributed by atoms with Crippen LogP contribution in [0.2, 0.25) is 0 Å². The molecule has 1 nitrogen and oxygen atoms in total. The largest absolute Gasteiger partial charge is 0.403 e. The van der Waals surface area contributed by atoms with Crippen LogP contribution in [0.25, 0.3) is 0 Å². The summed E-state index contributed by atoms with van der Waals surface area (Å²) in [5, 5.41) is 0. The number of hydrogen-bond donors (Lipinski definition) is 1. The predicted octanol–water partition coefficient (Wildman–Crippen LogP) is 2.96. The summed E-state index contributed by atoms with van der Waals surface area (Å²) in [6.45, 7) is 0. The van der Waals surface area contributed by atoms with Crippen molar-refractivity contribution in [3.8, 4) is 0 Å². The molecule has 0 amide bonds. The monoisotopic (exact) mass is 279 g/mol. The summed E-state index contributed by atoms with van der Waals surface area (Å²) in [5.74, 6) is -4.89. The van der Waals surface area contributed by atoms with Crippen molar-refractivity contribution >= 4 is 12.4 Å². The molecule has 98 valence electrons. The lowest BCUT2D eigenvalue weighted by molar-refractivity contribution is -0.147. The number of benzene rings is 1. The molecule has 0 aliphatic rings. The highest BCUT2D eigenvalue weighted by Gasteiger charge is 2.37. The van der Waals surface area contributed by atoms with Gasteiger partial charge in [-0.1, -0.05) is 6.07 Å². The highest BCUT2D eigenvalue weighted by atomic mass is 35.5. The van der Waals surface area contributed by atoms with Crippen LogP contribution in [0.1, 0.15) is 5.56 Å². The average molecular weight is 280 g/mol. The number of nitrogens with two attached hydrogens (primary N) is 1. The minimum absolute atomic E-state index is 0. The first-order chi connectivity index (χ1) is 7.23. The third kappa shape index (κ3) is 3.78. The highest BCUT2D eigenvalue weighted by molar-refractivity contribution is 5.85. The summed E-state index contributed by atoms with van der Waals surface area (Å²) in [6, 6.07) is -1.03. The fraction of sp³-hybridized carbons (Fsp3) is 0.333. The predicted molar refractivity (Wildman–Crippen MR) is 51.3 cm³/mol. The van der Waals surface area contributed by atoms with Crippen LogP contribution in [-0.2, 0) is 6.42 Å². The minimum atomic E-state index is -4.71. The molecule has 1 aromatic carbocycles. The summed E-state index contributed by atoms with van der Waals surface area (Å²) < 4.78 is 74.2. The van der Waals surface area contributed by atoms with Gasteiger partial charge >= 0.3 is 6.18 Å². The lowest BCUT2D eigenvalue weighted by Gasteiger charge is -2.15. The van der Waals surface area contributed by atoms with Crippen molar-refractivity contribution in [3.63, 3.8) is 0 Å². The van der Waals surface area contributed by atoms with Gasteiger partial charge in [0.05, 0.1) is 0 Å². The van der Waals surface area contributed by atoms with Gasteiger partial charge in [-0.15, -0.1) is 12.4 Å². The zero-order valence-corrected chi connectivity index (χ0v) is 9.01. The van der Waals surface area contributed by atoms with Crippen LogP contribution in [0.4, 0.5) is 26.3 Å². The fourth-order valence-corrected chi connectivity index (χ4v) is 1.08. The van der Waals surface area contributed by atoms with Gasteiger partial charge in [0.15, 0.2) is 17.5 Å². The number of alkyl halides is 3. The van der Waals surface area contributed by atoms with Crippen molar-refractivity contribution in [2.24, 2.45) is 5.73 Å². The second-order valence-electron chi connectivity index (χ2n) is 3.19. The molecule has 0 fully saturated rings. The Morgan fingerprint density at radius 3 is 2.06 bits per heavy atom. The Labute approximate surface area is 99.0 Å². The van der Waals surface area contributed by atoms with E-state index in [2.05, 4.69) is 0 Å². The molecule has 0 saturated carbocycles. The van der Waals surface area contributed by atoms with Gasteiger partial charge in [0.25, 0.3) is 0 Å². The van der Waals surface area contributed by atoms with E-state index in [1.165, 1.54) is 0 Å². The molecule has 0 heterocycles. The first kappa shape index (κ1) is 16.1. The summed E-state index contributed by atoms with van der Waals surface area (Å²) in [7, 11) is 0. The Hall–Kier alpha value is -0.950. The molecule has 1 unspecified atom stereocenters. The highest BCUT2D eigenvalue weighted by Crippen LogP contribution is 2.23. The van der Waals surface area contributed by atoms with Gasteiger partial charge in [0, 0.05) is 0 Å². The molecular weight excluding hydrogens is 272 g/mol. The van der Waals surface area contributed by atoms with E-state index < -0.39 is 41.7 Å². The topological polar surface area (TPSA) is 26.0 Å². The summed E-state index contributed by atoms with van der Waals surface area (Å²) in [6.07, 6.45) is -5.65. The van der Waals surface area contributed by atoms with Crippen LogP contribution in [0.15, 0.2) is 12.1 Å². The molecule has 0 saturated heterocycles. The van der Waals surface area contributed by atoms with Crippen LogP contribution in [-0.4, -0.2) is 12.2 Å². The van der Waals surface area contributed by atoms with Crippen molar-refractivity contribution < 1.29 is 26.3 Å². The van der Waals surface area contributed by atoms with E-state index >= 15 is 0 Å². The second kappa shape index (κ2) is 5.59. The van der Waals surface area contributed by atoms with E-state index in [0.717, 1.165) is 6.07 Å². The van der Waals surface area contributed by atoms with Gasteiger partial charge in [0.1, 0.15) is 6.04 Å².